The summed E-state index contributed by atoms with van der Waals surface area (Å²) in [4.78, 5) is 33.2. The third kappa shape index (κ3) is 4.32. The van der Waals surface area contributed by atoms with Crippen LogP contribution < -0.4 is 10.7 Å². The second kappa shape index (κ2) is 9.07. The molecule has 0 aliphatic heterocycles. The number of rotatable bonds is 6. The van der Waals surface area contributed by atoms with Gasteiger partial charge in [0.2, 0.25) is 9.84 Å². The van der Waals surface area contributed by atoms with Gasteiger partial charge in [-0.2, -0.15) is 9.89 Å². The van der Waals surface area contributed by atoms with Gasteiger partial charge >= 0.3 is 0 Å². The van der Waals surface area contributed by atoms with Gasteiger partial charge in [-0.05, 0) is 60.7 Å². The zero-order valence-corrected chi connectivity index (χ0v) is 19.2. The Balaban J connectivity index is 1.40. The molecule has 3 heterocycles. The van der Waals surface area contributed by atoms with E-state index in [4.69, 9.17) is 0 Å². The second-order valence-electron chi connectivity index (χ2n) is 7.62. The monoisotopic (exact) mass is 504 g/mol. The molecule has 2 aromatic carbocycles. The Labute approximate surface area is 203 Å². The van der Waals surface area contributed by atoms with Gasteiger partial charge < -0.3 is 10.3 Å². The Morgan fingerprint density at radius 1 is 0.944 bits per heavy atom. The molecule has 10 nitrogen and oxygen atoms in total. The summed E-state index contributed by atoms with van der Waals surface area (Å²) in [7, 11) is -3.96. The zero-order chi connectivity index (χ0) is 25.3. The summed E-state index contributed by atoms with van der Waals surface area (Å²) in [6, 6.07) is 15.2. The lowest BCUT2D eigenvalue weighted by atomic mass is 10.2. The van der Waals surface area contributed by atoms with E-state index in [1.165, 1.54) is 53.6 Å². The van der Waals surface area contributed by atoms with Crippen molar-refractivity contribution in [2.75, 3.05) is 10.7 Å². The largest absolute Gasteiger partial charge is 0.357 e. The number of carbonyl (C=O) groups excluding carboxylic acids is 2. The van der Waals surface area contributed by atoms with Gasteiger partial charge in [0.1, 0.15) is 17.3 Å². The lowest BCUT2D eigenvalue weighted by molar-refractivity contribution is 0.101. The number of anilines is 1. The molecule has 3 N–H and O–H groups in total. The number of benzene rings is 2. The molecule has 0 aliphatic carbocycles. The minimum Gasteiger partial charge on any atom is -0.357 e. The smallest absolute Gasteiger partial charge is 0.275 e. The van der Waals surface area contributed by atoms with E-state index in [0.29, 0.717) is 16.6 Å². The number of aromatic amines is 1. The van der Waals surface area contributed by atoms with Crippen LogP contribution in [0.15, 0.2) is 95.1 Å². The van der Waals surface area contributed by atoms with Crippen LogP contribution in [0.2, 0.25) is 0 Å². The lowest BCUT2D eigenvalue weighted by Gasteiger charge is -2.11. The van der Waals surface area contributed by atoms with Crippen LogP contribution in [0.4, 0.5) is 10.2 Å². The number of halogens is 1. The third-order valence-corrected chi connectivity index (χ3v) is 7.04. The number of aromatic nitrogens is 4. The Hall–Kier alpha value is -4.84. The minimum absolute atomic E-state index is 0.0481. The molecule has 0 saturated heterocycles. The Morgan fingerprint density at radius 2 is 1.78 bits per heavy atom. The van der Waals surface area contributed by atoms with Crippen LogP contribution >= 0.6 is 0 Å². The second-order valence-corrected chi connectivity index (χ2v) is 9.57. The number of hydrogen-bond acceptors (Lipinski definition) is 6. The van der Waals surface area contributed by atoms with Crippen molar-refractivity contribution in [2.24, 2.45) is 0 Å². The number of hydrogen-bond donors (Lipinski definition) is 3. The molecule has 5 rings (SSSR count). The molecule has 0 spiro atoms. The summed E-state index contributed by atoms with van der Waals surface area (Å²) < 4.78 is 39.4. The summed E-state index contributed by atoms with van der Waals surface area (Å²) in [6.45, 7) is 0. The maximum Gasteiger partial charge on any atom is 0.275 e. The van der Waals surface area contributed by atoms with Gasteiger partial charge in [0.05, 0.1) is 27.1 Å². The van der Waals surface area contributed by atoms with Crippen molar-refractivity contribution >= 4 is 38.4 Å². The maximum absolute atomic E-state index is 13.6. The average molecular weight is 505 g/mol. The zero-order valence-electron chi connectivity index (χ0n) is 18.3. The Morgan fingerprint density at radius 3 is 2.56 bits per heavy atom. The SMILES string of the molecule is O=C(Nc1ncccc1C(=O)Nn1ncc2cc(S(=O)(=O)c3cccc(F)c3)ccc21)c1ccc[nH]1. The molecular weight excluding hydrogens is 487 g/mol. The fraction of sp³-hybridized carbons (Fsp3) is 0. The predicted octanol–water partition coefficient (Wildman–Crippen LogP) is 3.37. The highest BCUT2D eigenvalue weighted by Crippen LogP contribution is 2.25. The lowest BCUT2D eigenvalue weighted by Crippen LogP contribution is -2.26. The van der Waals surface area contributed by atoms with Gasteiger partial charge in [-0.1, -0.05) is 6.07 Å². The van der Waals surface area contributed by atoms with Gasteiger partial charge in [0.15, 0.2) is 0 Å². The van der Waals surface area contributed by atoms with Crippen LogP contribution in [-0.4, -0.2) is 40.1 Å². The molecule has 12 heteroatoms. The number of H-pyrrole nitrogens is 1. The highest BCUT2D eigenvalue weighted by atomic mass is 32.2. The fourth-order valence-corrected chi connectivity index (χ4v) is 4.86. The van der Waals surface area contributed by atoms with Crippen LogP contribution in [0, 0.1) is 5.82 Å². The third-order valence-electron chi connectivity index (χ3n) is 5.29. The summed E-state index contributed by atoms with van der Waals surface area (Å²) in [6.07, 6.45) is 4.42. The first kappa shape index (κ1) is 22.9. The number of sulfone groups is 1. The van der Waals surface area contributed by atoms with Crippen molar-refractivity contribution in [1.29, 1.82) is 0 Å². The molecule has 36 heavy (non-hydrogen) atoms. The van der Waals surface area contributed by atoms with E-state index in [1.54, 1.807) is 24.4 Å². The number of amides is 2. The average Bonchev–Trinajstić information content (AvgIpc) is 3.55. The predicted molar refractivity (Wildman–Crippen MR) is 128 cm³/mol. The number of nitrogens with one attached hydrogen (secondary N) is 3. The van der Waals surface area contributed by atoms with Gasteiger partial charge in [0, 0.05) is 17.8 Å². The summed E-state index contributed by atoms with van der Waals surface area (Å²) in [5, 5.41) is 7.14. The Kier molecular flexibility index (Phi) is 5.78. The topological polar surface area (TPSA) is 139 Å². The molecular formula is C24H17FN6O4S. The van der Waals surface area contributed by atoms with E-state index in [-0.39, 0.29) is 21.2 Å². The number of fused-ring (bicyclic) bond motifs is 1. The Bertz CT molecular complexity index is 1710. The number of nitrogens with zero attached hydrogens (tertiary/aromatic N) is 3. The summed E-state index contributed by atoms with van der Waals surface area (Å²) in [5.41, 5.74) is 3.40. The van der Waals surface area contributed by atoms with Crippen molar-refractivity contribution in [1.82, 2.24) is 19.9 Å². The molecule has 0 radical (unpaired) electrons. The van der Waals surface area contributed by atoms with E-state index in [2.05, 4.69) is 25.8 Å². The molecule has 2 amide bonds. The van der Waals surface area contributed by atoms with E-state index in [9.17, 15) is 22.4 Å². The molecule has 0 atom stereocenters. The molecule has 0 aliphatic rings. The van der Waals surface area contributed by atoms with Crippen molar-refractivity contribution in [3.8, 4) is 0 Å². The number of pyridine rings is 1. The normalized spacial score (nSPS) is 11.4. The van der Waals surface area contributed by atoms with Crippen LogP contribution in [0.25, 0.3) is 10.9 Å². The first-order valence-corrected chi connectivity index (χ1v) is 12.0. The van der Waals surface area contributed by atoms with Gasteiger partial charge in [-0.15, -0.1) is 0 Å². The molecule has 3 aromatic heterocycles. The van der Waals surface area contributed by atoms with Crippen molar-refractivity contribution in [3.05, 3.63) is 102 Å². The van der Waals surface area contributed by atoms with Crippen LogP contribution in [0.3, 0.4) is 0 Å². The van der Waals surface area contributed by atoms with Gasteiger partial charge in [0.25, 0.3) is 11.8 Å². The van der Waals surface area contributed by atoms with Crippen LogP contribution in [-0.2, 0) is 9.84 Å². The molecule has 0 bridgehead atoms. The standard InChI is InChI=1S/C24H17FN6O4S/c25-16-4-1-5-17(13-16)36(34,35)18-8-9-21-15(12-18)14-28-31(21)30-23(32)19-6-2-11-27-22(19)29-24(33)20-7-3-10-26-20/h1-14,26H,(H,30,32)(H,27,29,33). The molecule has 180 valence electrons. The van der Waals surface area contributed by atoms with Crippen LogP contribution in [0.1, 0.15) is 20.8 Å². The minimum atomic E-state index is -3.96. The van der Waals surface area contributed by atoms with E-state index in [1.807, 2.05) is 0 Å². The highest BCUT2D eigenvalue weighted by Gasteiger charge is 2.21. The first-order valence-electron chi connectivity index (χ1n) is 10.5. The van der Waals surface area contributed by atoms with Gasteiger partial charge in [-0.25, -0.2) is 23.2 Å². The quantitative estimate of drug-likeness (QED) is 0.324. The van der Waals surface area contributed by atoms with Crippen molar-refractivity contribution < 1.29 is 22.4 Å². The van der Waals surface area contributed by atoms with Crippen LogP contribution in [0.5, 0.6) is 0 Å². The summed E-state index contributed by atoms with van der Waals surface area (Å²) >= 11 is 0. The van der Waals surface area contributed by atoms with Crippen molar-refractivity contribution in [3.63, 3.8) is 0 Å². The first-order chi connectivity index (χ1) is 17.3. The molecule has 0 saturated carbocycles. The van der Waals surface area contributed by atoms with Gasteiger partial charge in [-0.3, -0.25) is 9.59 Å². The molecule has 5 aromatic rings. The highest BCUT2D eigenvalue weighted by molar-refractivity contribution is 7.91. The number of carbonyl (C=O) groups is 2. The summed E-state index contributed by atoms with van der Waals surface area (Å²) in [5.74, 6) is -1.68. The van der Waals surface area contributed by atoms with E-state index in [0.717, 1.165) is 12.1 Å². The van der Waals surface area contributed by atoms with Crippen molar-refractivity contribution in [2.45, 2.75) is 9.79 Å². The molecule has 0 unspecified atom stereocenters. The van der Waals surface area contributed by atoms with E-state index >= 15 is 0 Å². The molecule has 0 fully saturated rings. The maximum atomic E-state index is 13.6. The fourth-order valence-electron chi connectivity index (χ4n) is 3.53. The van der Waals surface area contributed by atoms with E-state index < -0.39 is 27.5 Å².